The van der Waals surface area contributed by atoms with Crippen molar-refractivity contribution in [2.24, 2.45) is 5.73 Å². The summed E-state index contributed by atoms with van der Waals surface area (Å²) in [7, 11) is 0. The van der Waals surface area contributed by atoms with Gasteiger partial charge in [0.25, 0.3) is 0 Å². The zero-order valence-electron chi connectivity index (χ0n) is 11.3. The van der Waals surface area contributed by atoms with Crippen molar-refractivity contribution in [1.29, 1.82) is 0 Å². The summed E-state index contributed by atoms with van der Waals surface area (Å²) in [5, 5.41) is 0. The lowest BCUT2D eigenvalue weighted by atomic mass is 10.2. The van der Waals surface area contributed by atoms with E-state index in [2.05, 4.69) is 29.5 Å². The molecule has 0 spiro atoms. The van der Waals surface area contributed by atoms with Crippen LogP contribution in [0.3, 0.4) is 0 Å². The molecule has 0 radical (unpaired) electrons. The fourth-order valence-electron chi connectivity index (χ4n) is 2.17. The van der Waals surface area contributed by atoms with Crippen LogP contribution in [-0.4, -0.2) is 21.1 Å². The first-order valence-electron chi connectivity index (χ1n) is 6.78. The first-order valence-corrected chi connectivity index (χ1v) is 6.78. The van der Waals surface area contributed by atoms with Crippen molar-refractivity contribution in [2.45, 2.75) is 46.1 Å². The third-order valence-electron chi connectivity index (χ3n) is 3.14. The van der Waals surface area contributed by atoms with Crippen LogP contribution in [0.2, 0.25) is 0 Å². The highest BCUT2D eigenvalue weighted by Crippen LogP contribution is 2.17. The van der Waals surface area contributed by atoms with Gasteiger partial charge in [-0.2, -0.15) is 0 Å². The Hall–Kier alpha value is -1.42. The third-order valence-corrected chi connectivity index (χ3v) is 3.14. The van der Waals surface area contributed by atoms with E-state index in [0.717, 1.165) is 41.9 Å². The molecule has 0 atom stereocenters. The zero-order chi connectivity index (χ0) is 13.0. The number of pyridine rings is 1. The van der Waals surface area contributed by atoms with E-state index in [4.69, 9.17) is 10.7 Å². The fourth-order valence-corrected chi connectivity index (χ4v) is 2.17. The number of unbranched alkanes of at least 4 members (excludes halogenated alkanes) is 1. The molecule has 2 aromatic heterocycles. The van der Waals surface area contributed by atoms with Crippen LogP contribution >= 0.6 is 0 Å². The number of aryl methyl sites for hydroxylation is 3. The van der Waals surface area contributed by atoms with Gasteiger partial charge in [0.2, 0.25) is 0 Å². The first kappa shape index (κ1) is 13.0. The van der Waals surface area contributed by atoms with Gasteiger partial charge in [0, 0.05) is 19.2 Å². The minimum atomic E-state index is 0.707. The van der Waals surface area contributed by atoms with Gasteiger partial charge in [-0.05, 0) is 37.9 Å². The van der Waals surface area contributed by atoms with Crippen LogP contribution in [0.4, 0.5) is 0 Å². The predicted octanol–water partition coefficient (Wildman–Crippen LogP) is 2.43. The molecule has 0 saturated carbocycles. The summed E-state index contributed by atoms with van der Waals surface area (Å²) in [5.41, 5.74) is 8.78. The van der Waals surface area contributed by atoms with E-state index in [0.29, 0.717) is 6.54 Å². The van der Waals surface area contributed by atoms with Crippen LogP contribution in [0.25, 0.3) is 11.2 Å². The molecule has 0 aliphatic rings. The standard InChI is InChI=1S/C14H22N4/c1-3-4-6-13-17-12-9-11(2)10-16-14(12)18(13)8-5-7-15/h9-10H,3-8,15H2,1-2H3. The van der Waals surface area contributed by atoms with Gasteiger partial charge >= 0.3 is 0 Å². The van der Waals surface area contributed by atoms with Crippen molar-refractivity contribution in [3.63, 3.8) is 0 Å². The molecular formula is C14H22N4. The summed E-state index contributed by atoms with van der Waals surface area (Å²) in [4.78, 5) is 9.25. The van der Waals surface area contributed by atoms with E-state index in [-0.39, 0.29) is 0 Å². The Bertz CT molecular complexity index is 516. The lowest BCUT2D eigenvalue weighted by Gasteiger charge is -2.07. The van der Waals surface area contributed by atoms with Crippen LogP contribution in [-0.2, 0) is 13.0 Å². The van der Waals surface area contributed by atoms with E-state index >= 15 is 0 Å². The maximum atomic E-state index is 5.61. The second-order valence-corrected chi connectivity index (χ2v) is 4.78. The smallest absolute Gasteiger partial charge is 0.160 e. The molecule has 2 heterocycles. The molecule has 98 valence electrons. The molecule has 0 fully saturated rings. The lowest BCUT2D eigenvalue weighted by Crippen LogP contribution is -2.09. The Morgan fingerprint density at radius 3 is 2.89 bits per heavy atom. The monoisotopic (exact) mass is 246 g/mol. The van der Waals surface area contributed by atoms with Crippen molar-refractivity contribution in [3.05, 3.63) is 23.7 Å². The van der Waals surface area contributed by atoms with Crippen LogP contribution < -0.4 is 5.73 Å². The van der Waals surface area contributed by atoms with Crippen molar-refractivity contribution < 1.29 is 0 Å². The summed E-state index contributed by atoms with van der Waals surface area (Å²) < 4.78 is 2.23. The van der Waals surface area contributed by atoms with Gasteiger partial charge in [0.05, 0.1) is 0 Å². The van der Waals surface area contributed by atoms with Crippen LogP contribution in [0.15, 0.2) is 12.3 Å². The quantitative estimate of drug-likeness (QED) is 0.851. The summed E-state index contributed by atoms with van der Waals surface area (Å²) in [5.74, 6) is 1.15. The number of imidazole rings is 1. The van der Waals surface area contributed by atoms with Crippen LogP contribution in [0, 0.1) is 6.92 Å². The van der Waals surface area contributed by atoms with Gasteiger partial charge in [-0.25, -0.2) is 9.97 Å². The summed E-state index contributed by atoms with van der Waals surface area (Å²) in [6.07, 6.45) is 6.26. The molecule has 4 nitrogen and oxygen atoms in total. The molecule has 0 amide bonds. The number of aromatic nitrogens is 3. The first-order chi connectivity index (χ1) is 8.76. The Morgan fingerprint density at radius 2 is 2.17 bits per heavy atom. The van der Waals surface area contributed by atoms with Gasteiger partial charge in [0.1, 0.15) is 11.3 Å². The molecule has 0 aliphatic heterocycles. The van der Waals surface area contributed by atoms with Gasteiger partial charge in [-0.15, -0.1) is 0 Å². The van der Waals surface area contributed by atoms with Crippen molar-refractivity contribution in [1.82, 2.24) is 14.5 Å². The van der Waals surface area contributed by atoms with E-state index in [1.54, 1.807) is 0 Å². The van der Waals surface area contributed by atoms with Gasteiger partial charge in [-0.1, -0.05) is 13.3 Å². The molecule has 18 heavy (non-hydrogen) atoms. The van der Waals surface area contributed by atoms with Crippen molar-refractivity contribution >= 4 is 11.2 Å². The van der Waals surface area contributed by atoms with Gasteiger partial charge < -0.3 is 10.3 Å². The maximum Gasteiger partial charge on any atom is 0.160 e. The largest absolute Gasteiger partial charge is 0.330 e. The van der Waals surface area contributed by atoms with Crippen molar-refractivity contribution in [3.8, 4) is 0 Å². The summed E-state index contributed by atoms with van der Waals surface area (Å²) in [6, 6.07) is 2.11. The third kappa shape index (κ3) is 2.70. The van der Waals surface area contributed by atoms with Crippen LogP contribution in [0.5, 0.6) is 0 Å². The van der Waals surface area contributed by atoms with E-state index in [1.807, 2.05) is 6.20 Å². The molecule has 0 unspecified atom stereocenters. The van der Waals surface area contributed by atoms with Crippen molar-refractivity contribution in [2.75, 3.05) is 6.54 Å². The molecular weight excluding hydrogens is 224 g/mol. The molecule has 0 aliphatic carbocycles. The molecule has 0 saturated heterocycles. The molecule has 0 bridgehead atoms. The average molecular weight is 246 g/mol. The van der Waals surface area contributed by atoms with E-state index < -0.39 is 0 Å². The highest BCUT2D eigenvalue weighted by Gasteiger charge is 2.11. The number of nitrogens with two attached hydrogens (primary N) is 1. The molecule has 2 aromatic rings. The van der Waals surface area contributed by atoms with E-state index in [9.17, 15) is 0 Å². The number of hydrogen-bond donors (Lipinski definition) is 1. The number of rotatable bonds is 6. The Morgan fingerprint density at radius 1 is 1.33 bits per heavy atom. The second kappa shape index (κ2) is 5.96. The highest BCUT2D eigenvalue weighted by atomic mass is 15.1. The Balaban J connectivity index is 2.39. The fraction of sp³-hybridized carbons (Fsp3) is 0.571. The minimum Gasteiger partial charge on any atom is -0.330 e. The molecule has 0 aromatic carbocycles. The predicted molar refractivity (Wildman–Crippen MR) is 74.5 cm³/mol. The van der Waals surface area contributed by atoms with Crippen LogP contribution in [0.1, 0.15) is 37.6 Å². The summed E-state index contributed by atoms with van der Waals surface area (Å²) in [6.45, 7) is 5.88. The SMILES string of the molecule is CCCCc1nc2cc(C)cnc2n1CCCN. The minimum absolute atomic E-state index is 0.707. The topological polar surface area (TPSA) is 56.7 Å². The number of fused-ring (bicyclic) bond motifs is 1. The summed E-state index contributed by atoms with van der Waals surface area (Å²) >= 11 is 0. The highest BCUT2D eigenvalue weighted by molar-refractivity contribution is 5.72. The maximum absolute atomic E-state index is 5.61. The Kier molecular flexibility index (Phi) is 4.31. The Labute approximate surface area is 108 Å². The molecule has 4 heteroatoms. The zero-order valence-corrected chi connectivity index (χ0v) is 11.3. The second-order valence-electron chi connectivity index (χ2n) is 4.78. The van der Waals surface area contributed by atoms with Gasteiger partial charge in [0.15, 0.2) is 5.65 Å². The van der Waals surface area contributed by atoms with Gasteiger partial charge in [-0.3, -0.25) is 0 Å². The van der Waals surface area contributed by atoms with E-state index in [1.165, 1.54) is 12.8 Å². The number of nitrogens with zero attached hydrogens (tertiary/aromatic N) is 3. The number of hydrogen-bond acceptors (Lipinski definition) is 3. The normalized spacial score (nSPS) is 11.3. The lowest BCUT2D eigenvalue weighted by molar-refractivity contribution is 0.613. The molecule has 2 rings (SSSR count). The average Bonchev–Trinajstić information content (AvgIpc) is 2.70. The molecule has 2 N–H and O–H groups in total.